The van der Waals surface area contributed by atoms with Crippen LogP contribution in [0.4, 0.5) is 0 Å². The van der Waals surface area contributed by atoms with Gasteiger partial charge in [-0.2, -0.15) is 0 Å². The van der Waals surface area contributed by atoms with Crippen LogP contribution in [0.5, 0.6) is 0 Å². The predicted octanol–water partition coefficient (Wildman–Crippen LogP) is 2.25. The number of aromatic nitrogens is 1. The van der Waals surface area contributed by atoms with E-state index in [0.717, 1.165) is 30.1 Å². The molecular weight excluding hydrogens is 188 g/mol. The Bertz CT molecular complexity index is 485. The van der Waals surface area contributed by atoms with Crippen LogP contribution in [-0.2, 0) is 13.1 Å². The van der Waals surface area contributed by atoms with E-state index in [-0.39, 0.29) is 0 Å². The van der Waals surface area contributed by atoms with Gasteiger partial charge in [0.25, 0.3) is 0 Å². The number of hydrogen-bond acceptors (Lipinski definition) is 3. The van der Waals surface area contributed by atoms with Gasteiger partial charge in [-0.05, 0) is 6.92 Å². The first kappa shape index (κ1) is 8.68. The number of benzene rings is 1. The van der Waals surface area contributed by atoms with Gasteiger partial charge in [-0.3, -0.25) is 0 Å². The molecule has 1 aliphatic heterocycles. The number of fused-ring (bicyclic) bond motifs is 1. The maximum atomic E-state index is 5.37. The molecule has 76 valence electrons. The lowest BCUT2D eigenvalue weighted by atomic mass is 10.1. The van der Waals surface area contributed by atoms with E-state index in [0.29, 0.717) is 0 Å². The van der Waals surface area contributed by atoms with Crippen molar-refractivity contribution in [1.29, 1.82) is 0 Å². The molecule has 0 amide bonds. The van der Waals surface area contributed by atoms with Gasteiger partial charge >= 0.3 is 0 Å². The quantitative estimate of drug-likeness (QED) is 0.767. The molecule has 2 heterocycles. The Balaban J connectivity index is 2.09. The molecule has 0 aliphatic carbocycles. The number of nitrogens with one attached hydrogen (secondary N) is 1. The molecule has 0 saturated heterocycles. The van der Waals surface area contributed by atoms with Crippen molar-refractivity contribution in [1.82, 2.24) is 10.5 Å². The summed E-state index contributed by atoms with van der Waals surface area (Å²) >= 11 is 0. The van der Waals surface area contributed by atoms with Crippen LogP contribution >= 0.6 is 0 Å². The van der Waals surface area contributed by atoms with Crippen LogP contribution in [0.25, 0.3) is 11.3 Å². The van der Waals surface area contributed by atoms with E-state index in [2.05, 4.69) is 41.7 Å². The molecule has 3 rings (SSSR count). The highest BCUT2D eigenvalue weighted by Gasteiger charge is 2.21. The predicted molar refractivity (Wildman–Crippen MR) is 57.2 cm³/mol. The molecule has 0 spiro atoms. The highest BCUT2D eigenvalue weighted by molar-refractivity contribution is 5.62. The van der Waals surface area contributed by atoms with E-state index in [1.807, 2.05) is 0 Å². The molecule has 0 fully saturated rings. The zero-order valence-electron chi connectivity index (χ0n) is 8.58. The Labute approximate surface area is 88.1 Å². The highest BCUT2D eigenvalue weighted by atomic mass is 16.5. The Morgan fingerprint density at radius 1 is 1.20 bits per heavy atom. The first-order valence-corrected chi connectivity index (χ1v) is 5.10. The van der Waals surface area contributed by atoms with Crippen LogP contribution in [0.3, 0.4) is 0 Å². The first-order chi connectivity index (χ1) is 7.34. The fourth-order valence-electron chi connectivity index (χ4n) is 1.90. The van der Waals surface area contributed by atoms with E-state index >= 15 is 0 Å². The van der Waals surface area contributed by atoms with Crippen LogP contribution < -0.4 is 5.32 Å². The topological polar surface area (TPSA) is 38.1 Å². The van der Waals surface area contributed by atoms with Crippen LogP contribution in [0.2, 0.25) is 0 Å². The van der Waals surface area contributed by atoms with E-state index in [1.54, 1.807) is 0 Å². The smallest absolute Gasteiger partial charge is 0.171 e. The van der Waals surface area contributed by atoms with Crippen LogP contribution in [0.1, 0.15) is 16.8 Å². The minimum Gasteiger partial charge on any atom is -0.356 e. The molecule has 0 saturated carbocycles. The average Bonchev–Trinajstić information content (AvgIpc) is 2.80. The van der Waals surface area contributed by atoms with Crippen LogP contribution in [0.15, 0.2) is 28.8 Å². The van der Waals surface area contributed by atoms with Crippen molar-refractivity contribution in [2.24, 2.45) is 0 Å². The van der Waals surface area contributed by atoms with Crippen molar-refractivity contribution in [3.63, 3.8) is 0 Å². The molecule has 1 N–H and O–H groups in total. The molecule has 0 unspecified atom stereocenters. The Morgan fingerprint density at radius 2 is 2.00 bits per heavy atom. The molecule has 3 nitrogen and oxygen atoms in total. The van der Waals surface area contributed by atoms with Crippen molar-refractivity contribution in [3.05, 3.63) is 41.1 Å². The lowest BCUT2D eigenvalue weighted by Crippen LogP contribution is -2.01. The molecule has 3 heteroatoms. The van der Waals surface area contributed by atoms with Crippen LogP contribution in [0, 0.1) is 6.92 Å². The number of rotatable bonds is 1. The van der Waals surface area contributed by atoms with E-state index in [1.165, 1.54) is 11.1 Å². The Kier molecular flexibility index (Phi) is 1.86. The normalized spacial score (nSPS) is 14.2. The summed E-state index contributed by atoms with van der Waals surface area (Å²) in [5.74, 6) is 0.912. The summed E-state index contributed by atoms with van der Waals surface area (Å²) in [7, 11) is 0. The van der Waals surface area contributed by atoms with Crippen molar-refractivity contribution >= 4 is 0 Å². The van der Waals surface area contributed by atoms with Crippen molar-refractivity contribution in [2.75, 3.05) is 0 Å². The van der Waals surface area contributed by atoms with Gasteiger partial charge in [-0.15, -0.1) is 0 Å². The molecule has 0 radical (unpaired) electrons. The molecule has 1 aromatic carbocycles. The third-order valence-electron chi connectivity index (χ3n) is 2.78. The molecule has 0 bridgehead atoms. The molecular formula is C12H12N2O. The minimum absolute atomic E-state index is 0.824. The standard InChI is InChI=1S/C12H12N2O/c1-8-2-4-9(5-3-8)12-10-6-13-7-11(10)14-15-12/h2-5,13H,6-7H2,1H3. The van der Waals surface area contributed by atoms with Gasteiger partial charge in [0.1, 0.15) is 5.69 Å². The SMILES string of the molecule is Cc1ccc(-c2onc3c2CNC3)cc1. The second kappa shape index (κ2) is 3.21. The molecule has 1 aliphatic rings. The zero-order valence-corrected chi connectivity index (χ0v) is 8.58. The third-order valence-corrected chi connectivity index (χ3v) is 2.78. The van der Waals surface area contributed by atoms with E-state index in [9.17, 15) is 0 Å². The molecule has 1 aromatic heterocycles. The number of hydrogen-bond donors (Lipinski definition) is 1. The monoisotopic (exact) mass is 200 g/mol. The fourth-order valence-corrected chi connectivity index (χ4v) is 1.90. The van der Waals surface area contributed by atoms with Gasteiger partial charge < -0.3 is 9.84 Å². The van der Waals surface area contributed by atoms with E-state index < -0.39 is 0 Å². The largest absolute Gasteiger partial charge is 0.356 e. The summed E-state index contributed by atoms with van der Waals surface area (Å²) in [6.45, 7) is 3.77. The van der Waals surface area contributed by atoms with Gasteiger partial charge in [0.15, 0.2) is 5.76 Å². The fraction of sp³-hybridized carbons (Fsp3) is 0.250. The summed E-state index contributed by atoms with van der Waals surface area (Å²) in [4.78, 5) is 0. The summed E-state index contributed by atoms with van der Waals surface area (Å²) in [5, 5.41) is 7.32. The summed E-state index contributed by atoms with van der Waals surface area (Å²) in [5.41, 5.74) is 4.62. The lowest BCUT2D eigenvalue weighted by molar-refractivity contribution is 0.417. The first-order valence-electron chi connectivity index (χ1n) is 5.10. The van der Waals surface area contributed by atoms with Crippen molar-refractivity contribution in [2.45, 2.75) is 20.0 Å². The maximum Gasteiger partial charge on any atom is 0.171 e. The highest BCUT2D eigenvalue weighted by Crippen LogP contribution is 2.28. The van der Waals surface area contributed by atoms with Crippen LogP contribution in [-0.4, -0.2) is 5.16 Å². The minimum atomic E-state index is 0.824. The summed E-state index contributed by atoms with van der Waals surface area (Å²) in [6, 6.07) is 8.34. The zero-order chi connectivity index (χ0) is 10.3. The van der Waals surface area contributed by atoms with E-state index in [4.69, 9.17) is 4.52 Å². The van der Waals surface area contributed by atoms with Crippen molar-refractivity contribution < 1.29 is 4.52 Å². The second-order valence-electron chi connectivity index (χ2n) is 3.91. The van der Waals surface area contributed by atoms with Crippen molar-refractivity contribution in [3.8, 4) is 11.3 Å². The molecule has 2 aromatic rings. The van der Waals surface area contributed by atoms with Gasteiger partial charge in [0, 0.05) is 24.2 Å². The van der Waals surface area contributed by atoms with Gasteiger partial charge in [0.05, 0.1) is 0 Å². The average molecular weight is 200 g/mol. The van der Waals surface area contributed by atoms with Gasteiger partial charge in [-0.1, -0.05) is 35.0 Å². The Hall–Kier alpha value is -1.61. The Morgan fingerprint density at radius 3 is 2.80 bits per heavy atom. The maximum absolute atomic E-state index is 5.37. The summed E-state index contributed by atoms with van der Waals surface area (Å²) < 4.78 is 5.37. The third kappa shape index (κ3) is 1.36. The molecule has 15 heavy (non-hydrogen) atoms. The number of nitrogens with zero attached hydrogens (tertiary/aromatic N) is 1. The van der Waals surface area contributed by atoms with Gasteiger partial charge in [-0.25, -0.2) is 0 Å². The molecule has 0 atom stereocenters. The number of aryl methyl sites for hydroxylation is 1. The summed E-state index contributed by atoms with van der Waals surface area (Å²) in [6.07, 6.45) is 0. The lowest BCUT2D eigenvalue weighted by Gasteiger charge is -1.99. The van der Waals surface area contributed by atoms with Gasteiger partial charge in [0.2, 0.25) is 0 Å². The second-order valence-corrected chi connectivity index (χ2v) is 3.91.